The molecular weight excluding hydrogens is 220 g/mol. The van der Waals surface area contributed by atoms with Gasteiger partial charge in [-0.3, -0.25) is 4.79 Å². The van der Waals surface area contributed by atoms with Gasteiger partial charge in [-0.05, 0) is 13.3 Å². The summed E-state index contributed by atoms with van der Waals surface area (Å²) in [5, 5.41) is 8.71. The SMILES string of the molecule is C#CCN(CC(=O)O)C(=O)N1CC=C(C)CC1. The fourth-order valence-electron chi connectivity index (χ4n) is 1.61. The predicted octanol–water partition coefficient (Wildman–Crippen LogP) is 0.778. The van der Waals surface area contributed by atoms with E-state index in [2.05, 4.69) is 5.92 Å². The van der Waals surface area contributed by atoms with Crippen molar-refractivity contribution >= 4 is 12.0 Å². The van der Waals surface area contributed by atoms with Crippen LogP contribution in [0.2, 0.25) is 0 Å². The van der Waals surface area contributed by atoms with Crippen molar-refractivity contribution < 1.29 is 14.7 Å². The van der Waals surface area contributed by atoms with E-state index in [4.69, 9.17) is 11.5 Å². The molecule has 0 spiro atoms. The van der Waals surface area contributed by atoms with E-state index in [1.807, 2.05) is 13.0 Å². The van der Waals surface area contributed by atoms with E-state index in [0.29, 0.717) is 13.1 Å². The first kappa shape index (κ1) is 13.1. The molecule has 0 fully saturated rings. The van der Waals surface area contributed by atoms with Crippen molar-refractivity contribution in [2.45, 2.75) is 13.3 Å². The van der Waals surface area contributed by atoms with Crippen molar-refractivity contribution in [2.75, 3.05) is 26.2 Å². The Kier molecular flexibility index (Phi) is 4.58. The Bertz CT molecular complexity index is 382. The van der Waals surface area contributed by atoms with Crippen LogP contribution in [0, 0.1) is 12.3 Å². The molecule has 1 heterocycles. The molecule has 17 heavy (non-hydrogen) atoms. The third-order valence-electron chi connectivity index (χ3n) is 2.59. The van der Waals surface area contributed by atoms with Gasteiger partial charge in [0.15, 0.2) is 0 Å². The molecule has 1 N–H and O–H groups in total. The maximum Gasteiger partial charge on any atom is 0.323 e. The first-order chi connectivity index (χ1) is 8.04. The zero-order valence-corrected chi connectivity index (χ0v) is 9.85. The molecule has 2 amide bonds. The highest BCUT2D eigenvalue weighted by Crippen LogP contribution is 2.11. The van der Waals surface area contributed by atoms with Crippen LogP contribution in [0.4, 0.5) is 4.79 Å². The molecule has 0 unspecified atom stereocenters. The number of carbonyl (C=O) groups is 2. The topological polar surface area (TPSA) is 60.9 Å². The van der Waals surface area contributed by atoms with Gasteiger partial charge in [-0.15, -0.1) is 6.42 Å². The number of hydrogen-bond acceptors (Lipinski definition) is 2. The number of nitrogens with zero attached hydrogens (tertiary/aromatic N) is 2. The minimum Gasteiger partial charge on any atom is -0.480 e. The van der Waals surface area contributed by atoms with Gasteiger partial charge in [0.1, 0.15) is 6.54 Å². The fourth-order valence-corrected chi connectivity index (χ4v) is 1.61. The van der Waals surface area contributed by atoms with Crippen molar-refractivity contribution in [3.63, 3.8) is 0 Å². The summed E-state index contributed by atoms with van der Waals surface area (Å²) in [6.45, 7) is 2.80. The molecule has 0 bridgehead atoms. The van der Waals surface area contributed by atoms with E-state index < -0.39 is 5.97 Å². The summed E-state index contributed by atoms with van der Waals surface area (Å²) in [5.41, 5.74) is 1.25. The molecule has 92 valence electrons. The lowest BCUT2D eigenvalue weighted by Gasteiger charge is -2.30. The molecule has 0 saturated carbocycles. The zero-order valence-electron chi connectivity index (χ0n) is 9.85. The standard InChI is InChI=1S/C12H16N2O3/c1-3-6-14(9-11(15)16)12(17)13-7-4-10(2)5-8-13/h1,4H,5-9H2,2H3,(H,15,16). The summed E-state index contributed by atoms with van der Waals surface area (Å²) < 4.78 is 0. The number of terminal acetylenes is 1. The maximum absolute atomic E-state index is 12.0. The van der Waals surface area contributed by atoms with Crippen LogP contribution in [0.25, 0.3) is 0 Å². The summed E-state index contributed by atoms with van der Waals surface area (Å²) in [5.74, 6) is 1.24. The number of carbonyl (C=O) groups excluding carboxylic acids is 1. The van der Waals surface area contributed by atoms with Crippen LogP contribution in [-0.2, 0) is 4.79 Å². The molecular formula is C12H16N2O3. The van der Waals surface area contributed by atoms with Gasteiger partial charge in [0.05, 0.1) is 6.54 Å². The van der Waals surface area contributed by atoms with Crippen LogP contribution in [0.3, 0.4) is 0 Å². The number of carboxylic acids is 1. The summed E-state index contributed by atoms with van der Waals surface area (Å²) in [4.78, 5) is 25.4. The fraction of sp³-hybridized carbons (Fsp3) is 0.500. The Morgan fingerprint density at radius 2 is 2.35 bits per heavy atom. The number of aliphatic carboxylic acids is 1. The molecule has 5 heteroatoms. The Morgan fingerprint density at radius 1 is 1.65 bits per heavy atom. The van der Waals surface area contributed by atoms with Gasteiger partial charge in [-0.1, -0.05) is 17.6 Å². The molecule has 0 saturated heterocycles. The Hall–Kier alpha value is -1.96. The molecule has 1 rings (SSSR count). The first-order valence-electron chi connectivity index (χ1n) is 5.39. The van der Waals surface area contributed by atoms with Gasteiger partial charge in [0.25, 0.3) is 0 Å². The van der Waals surface area contributed by atoms with E-state index in [1.165, 1.54) is 5.57 Å². The second-order valence-corrected chi connectivity index (χ2v) is 3.98. The van der Waals surface area contributed by atoms with E-state index in [1.54, 1.807) is 4.90 Å². The van der Waals surface area contributed by atoms with Crippen LogP contribution in [-0.4, -0.2) is 53.1 Å². The van der Waals surface area contributed by atoms with Crippen molar-refractivity contribution in [1.29, 1.82) is 0 Å². The molecule has 0 aromatic heterocycles. The average molecular weight is 236 g/mol. The van der Waals surface area contributed by atoms with Crippen LogP contribution >= 0.6 is 0 Å². The smallest absolute Gasteiger partial charge is 0.323 e. The number of rotatable bonds is 3. The van der Waals surface area contributed by atoms with Crippen LogP contribution in [0.1, 0.15) is 13.3 Å². The largest absolute Gasteiger partial charge is 0.480 e. The Balaban J connectivity index is 2.65. The van der Waals surface area contributed by atoms with Gasteiger partial charge in [-0.2, -0.15) is 0 Å². The van der Waals surface area contributed by atoms with Gasteiger partial charge in [0, 0.05) is 13.1 Å². The third-order valence-corrected chi connectivity index (χ3v) is 2.59. The summed E-state index contributed by atoms with van der Waals surface area (Å²) >= 11 is 0. The average Bonchev–Trinajstić information content (AvgIpc) is 2.28. The van der Waals surface area contributed by atoms with E-state index >= 15 is 0 Å². The van der Waals surface area contributed by atoms with Gasteiger partial charge >= 0.3 is 12.0 Å². The van der Waals surface area contributed by atoms with Gasteiger partial charge < -0.3 is 14.9 Å². The highest BCUT2D eigenvalue weighted by Gasteiger charge is 2.22. The normalized spacial score (nSPS) is 14.8. The Labute approximate surface area is 101 Å². The molecule has 0 aromatic carbocycles. The minimum absolute atomic E-state index is 0.0182. The summed E-state index contributed by atoms with van der Waals surface area (Å²) in [7, 11) is 0. The maximum atomic E-state index is 12.0. The van der Waals surface area contributed by atoms with E-state index in [0.717, 1.165) is 11.3 Å². The van der Waals surface area contributed by atoms with E-state index in [-0.39, 0.29) is 19.1 Å². The third kappa shape index (κ3) is 3.83. The number of amides is 2. The highest BCUT2D eigenvalue weighted by molar-refractivity contribution is 5.80. The number of urea groups is 1. The second-order valence-electron chi connectivity index (χ2n) is 3.98. The number of carboxylic acid groups (broad SMARTS) is 1. The zero-order chi connectivity index (χ0) is 12.8. The molecule has 1 aliphatic heterocycles. The minimum atomic E-state index is -1.06. The van der Waals surface area contributed by atoms with Gasteiger partial charge in [-0.25, -0.2) is 4.79 Å². The lowest BCUT2D eigenvalue weighted by molar-refractivity contribution is -0.137. The van der Waals surface area contributed by atoms with Crippen LogP contribution in [0.15, 0.2) is 11.6 Å². The lowest BCUT2D eigenvalue weighted by Crippen LogP contribution is -2.46. The van der Waals surface area contributed by atoms with E-state index in [9.17, 15) is 9.59 Å². The highest BCUT2D eigenvalue weighted by atomic mass is 16.4. The van der Waals surface area contributed by atoms with Crippen molar-refractivity contribution in [2.24, 2.45) is 0 Å². The summed E-state index contributed by atoms with van der Waals surface area (Å²) in [6, 6.07) is -0.311. The van der Waals surface area contributed by atoms with Crippen molar-refractivity contribution in [3.8, 4) is 12.3 Å². The van der Waals surface area contributed by atoms with Gasteiger partial charge in [0.2, 0.25) is 0 Å². The molecule has 0 aromatic rings. The quantitative estimate of drug-likeness (QED) is 0.582. The number of hydrogen-bond donors (Lipinski definition) is 1. The van der Waals surface area contributed by atoms with Crippen LogP contribution < -0.4 is 0 Å². The predicted molar refractivity (Wildman–Crippen MR) is 63.4 cm³/mol. The monoisotopic (exact) mass is 236 g/mol. The molecule has 5 nitrogen and oxygen atoms in total. The van der Waals surface area contributed by atoms with Crippen LogP contribution in [0.5, 0.6) is 0 Å². The second kappa shape index (κ2) is 5.94. The van der Waals surface area contributed by atoms with Crippen molar-refractivity contribution in [1.82, 2.24) is 9.80 Å². The molecule has 0 atom stereocenters. The first-order valence-corrected chi connectivity index (χ1v) is 5.39. The Morgan fingerprint density at radius 3 is 2.82 bits per heavy atom. The lowest BCUT2D eigenvalue weighted by atomic mass is 10.1. The molecule has 1 aliphatic rings. The molecule has 0 aliphatic carbocycles. The van der Waals surface area contributed by atoms with Crippen molar-refractivity contribution in [3.05, 3.63) is 11.6 Å². The summed E-state index contributed by atoms with van der Waals surface area (Å²) in [6.07, 6.45) is 7.92. The molecule has 0 radical (unpaired) electrons.